The summed E-state index contributed by atoms with van der Waals surface area (Å²) in [5.41, 5.74) is 11.0. The van der Waals surface area contributed by atoms with E-state index in [2.05, 4.69) is 48.2 Å². The van der Waals surface area contributed by atoms with Gasteiger partial charge in [-0.05, 0) is 41.7 Å². The molecule has 8 heteroatoms. The van der Waals surface area contributed by atoms with E-state index in [0.29, 0.717) is 12.4 Å². The van der Waals surface area contributed by atoms with E-state index in [0.717, 1.165) is 44.0 Å². The number of hydrogen-bond donors (Lipinski definition) is 2. The lowest BCUT2D eigenvalue weighted by molar-refractivity contribution is 0.584. The van der Waals surface area contributed by atoms with Crippen LogP contribution >= 0.6 is 11.3 Å². The molecule has 5 rings (SSSR count). The van der Waals surface area contributed by atoms with Crippen LogP contribution in [0.1, 0.15) is 31.2 Å². The topological polar surface area (TPSA) is 89.6 Å². The smallest absolute Gasteiger partial charge is 0.212 e. The van der Waals surface area contributed by atoms with E-state index < -0.39 is 5.95 Å². The molecule has 37 heavy (non-hydrogen) atoms. The number of rotatable bonds is 7. The molecule has 0 radical (unpaired) electrons. The highest BCUT2D eigenvalue weighted by atomic mass is 32.1. The van der Waals surface area contributed by atoms with Gasteiger partial charge in [-0.2, -0.15) is 4.39 Å². The summed E-state index contributed by atoms with van der Waals surface area (Å²) in [5.74, 6) is 0.809. The molecule has 188 valence electrons. The second-order valence-electron chi connectivity index (χ2n) is 10.1. The maximum absolute atomic E-state index is 13.7. The summed E-state index contributed by atoms with van der Waals surface area (Å²) in [7, 11) is 0. The molecule has 0 saturated heterocycles. The zero-order valence-electron chi connectivity index (χ0n) is 21.1. The first kappa shape index (κ1) is 24.9. The van der Waals surface area contributed by atoms with Gasteiger partial charge in [-0.15, -0.1) is 11.3 Å². The van der Waals surface area contributed by atoms with Crippen LogP contribution in [0.5, 0.6) is 0 Å². The molecule has 0 saturated carbocycles. The van der Waals surface area contributed by atoms with Crippen molar-refractivity contribution in [2.75, 3.05) is 11.9 Å². The zero-order valence-corrected chi connectivity index (χ0v) is 21.9. The summed E-state index contributed by atoms with van der Waals surface area (Å²) in [6.07, 6.45) is 5.78. The monoisotopic (exact) mass is 512 g/mol. The van der Waals surface area contributed by atoms with Crippen LogP contribution in [0.25, 0.3) is 32.7 Å². The Balaban J connectivity index is 1.63. The molecule has 3 N–H and O–H groups in total. The van der Waals surface area contributed by atoms with Crippen molar-refractivity contribution in [1.29, 1.82) is 0 Å². The zero-order chi connectivity index (χ0) is 26.0. The molecular weight excluding hydrogens is 483 g/mol. The minimum absolute atomic E-state index is 0.0976. The molecule has 0 spiro atoms. The van der Waals surface area contributed by atoms with Crippen molar-refractivity contribution in [3.63, 3.8) is 0 Å². The van der Waals surface area contributed by atoms with E-state index in [-0.39, 0.29) is 11.5 Å². The molecule has 0 amide bonds. The van der Waals surface area contributed by atoms with Gasteiger partial charge in [-0.3, -0.25) is 4.98 Å². The van der Waals surface area contributed by atoms with E-state index in [1.165, 1.54) is 11.6 Å². The normalized spacial score (nSPS) is 12.6. The Morgan fingerprint density at radius 1 is 0.973 bits per heavy atom. The molecule has 1 atom stereocenters. The van der Waals surface area contributed by atoms with Crippen molar-refractivity contribution in [2.24, 2.45) is 5.73 Å². The quantitative estimate of drug-likeness (QED) is 0.251. The number of nitrogens with one attached hydrogen (secondary N) is 1. The Hall–Kier alpha value is -3.75. The Morgan fingerprint density at radius 3 is 2.41 bits per heavy atom. The van der Waals surface area contributed by atoms with Crippen LogP contribution in [0.3, 0.4) is 0 Å². The van der Waals surface area contributed by atoms with Crippen LogP contribution in [0.2, 0.25) is 0 Å². The average Bonchev–Trinajstić information content (AvgIpc) is 3.29. The van der Waals surface area contributed by atoms with E-state index in [1.807, 2.05) is 30.3 Å². The Bertz CT molecular complexity index is 1500. The van der Waals surface area contributed by atoms with Crippen LogP contribution in [0, 0.1) is 5.95 Å². The first-order chi connectivity index (χ1) is 17.8. The van der Waals surface area contributed by atoms with Crippen molar-refractivity contribution in [2.45, 2.75) is 38.6 Å². The van der Waals surface area contributed by atoms with E-state index in [9.17, 15) is 4.39 Å². The number of aromatic nitrogens is 4. The maximum Gasteiger partial charge on any atom is 0.212 e. The fourth-order valence-corrected chi connectivity index (χ4v) is 5.55. The summed E-state index contributed by atoms with van der Waals surface area (Å²) >= 11 is 1.65. The molecule has 0 aliphatic rings. The van der Waals surface area contributed by atoms with Crippen LogP contribution in [0.15, 0.2) is 73.2 Å². The number of nitrogens with zero attached hydrogens (tertiary/aromatic N) is 4. The van der Waals surface area contributed by atoms with E-state index in [1.54, 1.807) is 36.0 Å². The number of thiophene rings is 1. The number of pyridine rings is 2. The van der Waals surface area contributed by atoms with Gasteiger partial charge in [-0.1, -0.05) is 51.1 Å². The Morgan fingerprint density at radius 2 is 1.73 bits per heavy atom. The molecule has 0 unspecified atom stereocenters. The number of hydrogen-bond acceptors (Lipinski definition) is 7. The van der Waals surface area contributed by atoms with Crippen LogP contribution < -0.4 is 11.1 Å². The van der Waals surface area contributed by atoms with Crippen molar-refractivity contribution in [3.8, 4) is 22.5 Å². The number of nitrogens with two attached hydrogens (primary N) is 1. The van der Waals surface area contributed by atoms with Gasteiger partial charge < -0.3 is 11.1 Å². The second kappa shape index (κ2) is 10.3. The first-order valence-corrected chi connectivity index (χ1v) is 13.0. The lowest BCUT2D eigenvalue weighted by Gasteiger charge is -2.18. The Kier molecular flexibility index (Phi) is 6.95. The largest absolute Gasteiger partial charge is 0.367 e. The van der Waals surface area contributed by atoms with Gasteiger partial charge >= 0.3 is 0 Å². The van der Waals surface area contributed by atoms with Gasteiger partial charge in [0.1, 0.15) is 5.82 Å². The van der Waals surface area contributed by atoms with Gasteiger partial charge in [0.15, 0.2) is 5.82 Å². The molecule has 4 heterocycles. The lowest BCUT2D eigenvalue weighted by Crippen LogP contribution is -2.31. The summed E-state index contributed by atoms with van der Waals surface area (Å²) in [5, 5.41) is 3.51. The molecule has 0 aliphatic heterocycles. The SMILES string of the molecule is CC(C)(C)c1sc2c(NC[C@@H](N)Cc3ccccc3)nc(-c3ccncc3)nc2c1-c1ccc(F)nc1. The molecular formula is C29H29FN6S. The minimum atomic E-state index is -0.512. The van der Waals surface area contributed by atoms with Gasteiger partial charge in [0.05, 0.1) is 10.2 Å². The summed E-state index contributed by atoms with van der Waals surface area (Å²) in [6.45, 7) is 7.04. The average molecular weight is 513 g/mol. The third-order valence-corrected chi connectivity index (χ3v) is 7.65. The third kappa shape index (κ3) is 5.50. The highest BCUT2D eigenvalue weighted by Gasteiger charge is 2.27. The summed E-state index contributed by atoms with van der Waals surface area (Å²) < 4.78 is 14.6. The molecule has 4 aromatic heterocycles. The number of fused-ring (bicyclic) bond motifs is 1. The van der Waals surface area contributed by atoms with Crippen molar-refractivity contribution < 1.29 is 4.39 Å². The fraction of sp³-hybridized carbons (Fsp3) is 0.241. The van der Waals surface area contributed by atoms with Gasteiger partial charge in [0.2, 0.25) is 5.95 Å². The molecule has 6 nitrogen and oxygen atoms in total. The van der Waals surface area contributed by atoms with Crippen molar-refractivity contribution >= 4 is 27.4 Å². The number of benzene rings is 1. The van der Waals surface area contributed by atoms with Crippen LogP contribution in [0.4, 0.5) is 10.2 Å². The Labute approximate surface area is 219 Å². The maximum atomic E-state index is 13.7. The second-order valence-corrected chi connectivity index (χ2v) is 11.1. The number of anilines is 1. The van der Waals surface area contributed by atoms with Crippen molar-refractivity contribution in [1.82, 2.24) is 19.9 Å². The molecule has 0 fully saturated rings. The van der Waals surface area contributed by atoms with E-state index in [4.69, 9.17) is 15.7 Å². The summed E-state index contributed by atoms with van der Waals surface area (Å²) in [6, 6.07) is 17.1. The first-order valence-electron chi connectivity index (χ1n) is 12.2. The minimum Gasteiger partial charge on any atom is -0.367 e. The molecule has 0 aliphatic carbocycles. The lowest BCUT2D eigenvalue weighted by atomic mass is 9.89. The number of halogens is 1. The van der Waals surface area contributed by atoms with Crippen LogP contribution in [-0.4, -0.2) is 32.5 Å². The highest BCUT2D eigenvalue weighted by Crippen LogP contribution is 2.46. The van der Waals surface area contributed by atoms with Gasteiger partial charge in [-0.25, -0.2) is 15.0 Å². The standard InChI is InChI=1S/C29H29FN6S/c1-29(2,3)26-23(20-9-10-22(30)33-16-20)24-25(37-26)28(36-27(35-24)19-11-13-32-14-12-19)34-17-21(31)15-18-7-5-4-6-8-18/h4-14,16,21H,15,17,31H2,1-3H3,(H,34,35,36)/t21-/m0/s1. The molecule has 1 aromatic carbocycles. The third-order valence-electron chi connectivity index (χ3n) is 6.04. The molecule has 0 bridgehead atoms. The highest BCUT2D eigenvalue weighted by molar-refractivity contribution is 7.20. The molecule has 5 aromatic rings. The summed E-state index contributed by atoms with van der Waals surface area (Å²) in [4.78, 5) is 19.1. The van der Waals surface area contributed by atoms with Gasteiger partial charge in [0.25, 0.3) is 0 Å². The van der Waals surface area contributed by atoms with Crippen molar-refractivity contribution in [3.05, 3.63) is 89.6 Å². The predicted octanol–water partition coefficient (Wildman–Crippen LogP) is 6.23. The van der Waals surface area contributed by atoms with Gasteiger partial charge in [0, 0.05) is 52.7 Å². The fourth-order valence-electron chi connectivity index (χ4n) is 4.26. The van der Waals surface area contributed by atoms with E-state index >= 15 is 0 Å². The van der Waals surface area contributed by atoms with Crippen LogP contribution in [-0.2, 0) is 11.8 Å². The predicted molar refractivity (Wildman–Crippen MR) is 149 cm³/mol.